The number of hydrogen-bond acceptors (Lipinski definition) is 5. The number of nitrogens with one attached hydrogen (secondary N) is 1. The average molecular weight is 386 g/mol. The summed E-state index contributed by atoms with van der Waals surface area (Å²) in [5.41, 5.74) is 0.0441. The van der Waals surface area contributed by atoms with Crippen molar-refractivity contribution in [1.82, 2.24) is 19.7 Å². The number of halogens is 4. The molecule has 0 fully saturated rings. The van der Waals surface area contributed by atoms with E-state index in [-0.39, 0.29) is 22.3 Å². The molecule has 0 amide bonds. The zero-order valence-corrected chi connectivity index (χ0v) is 14.1. The standard InChI is InChI=1S/C16H14F4N4O3/c1-7(9-3-4-12(10(17)5-9)27-16(18,19)20)24-14-13(11(6-25)23-24)15(26)22-8(2)21-14/h3-5,7,25H,6H2,1-2H3,(H,21,22,26)/t7-/m0/s1. The summed E-state index contributed by atoms with van der Waals surface area (Å²) in [4.78, 5) is 18.9. The fourth-order valence-electron chi connectivity index (χ4n) is 2.73. The first kappa shape index (κ1) is 18.8. The van der Waals surface area contributed by atoms with Gasteiger partial charge in [0.25, 0.3) is 5.56 Å². The van der Waals surface area contributed by atoms with Crippen molar-refractivity contribution >= 4 is 11.0 Å². The number of alkyl halides is 3. The molecule has 0 saturated carbocycles. The summed E-state index contributed by atoms with van der Waals surface area (Å²) < 4.78 is 55.7. The first-order valence-electron chi connectivity index (χ1n) is 7.74. The molecule has 2 aromatic heterocycles. The molecule has 3 rings (SSSR count). The molecule has 27 heavy (non-hydrogen) atoms. The Hall–Kier alpha value is -2.95. The van der Waals surface area contributed by atoms with Crippen LogP contribution < -0.4 is 10.3 Å². The predicted octanol–water partition coefficient (Wildman–Crippen LogP) is 2.57. The summed E-state index contributed by atoms with van der Waals surface area (Å²) in [5, 5.41) is 13.7. The zero-order chi connectivity index (χ0) is 19.9. The summed E-state index contributed by atoms with van der Waals surface area (Å²) in [5.74, 6) is -1.84. The largest absolute Gasteiger partial charge is 0.573 e. The number of ether oxygens (including phenoxy) is 1. The normalized spacial score (nSPS) is 13.1. The molecule has 0 spiro atoms. The Morgan fingerprint density at radius 1 is 1.37 bits per heavy atom. The van der Waals surface area contributed by atoms with E-state index in [2.05, 4.69) is 19.8 Å². The second kappa shape index (κ2) is 6.65. The van der Waals surface area contributed by atoms with Crippen molar-refractivity contribution in [2.75, 3.05) is 0 Å². The van der Waals surface area contributed by atoms with Crippen LogP contribution in [0.5, 0.6) is 5.75 Å². The van der Waals surface area contributed by atoms with Gasteiger partial charge in [0.1, 0.15) is 16.9 Å². The maximum atomic E-state index is 14.0. The van der Waals surface area contributed by atoms with Gasteiger partial charge in [0.2, 0.25) is 0 Å². The molecule has 0 aliphatic rings. The van der Waals surface area contributed by atoms with E-state index in [0.29, 0.717) is 5.82 Å². The number of H-pyrrole nitrogens is 1. The minimum atomic E-state index is -5.01. The van der Waals surface area contributed by atoms with Gasteiger partial charge < -0.3 is 14.8 Å². The lowest BCUT2D eigenvalue weighted by Gasteiger charge is -2.15. The van der Waals surface area contributed by atoms with E-state index in [1.165, 1.54) is 10.7 Å². The minimum Gasteiger partial charge on any atom is -0.403 e. The SMILES string of the molecule is Cc1nc2c(c(CO)nn2[C@@H](C)c2ccc(OC(F)(F)F)c(F)c2)c(=O)[nH]1. The minimum absolute atomic E-state index is 0.0862. The third-order valence-corrected chi connectivity index (χ3v) is 3.93. The highest BCUT2D eigenvalue weighted by Crippen LogP contribution is 2.29. The fraction of sp³-hybridized carbons (Fsp3) is 0.312. The summed E-state index contributed by atoms with van der Waals surface area (Å²) in [6.07, 6.45) is -5.01. The molecule has 0 aliphatic heterocycles. The Labute approximate surface area is 149 Å². The van der Waals surface area contributed by atoms with E-state index < -0.39 is 36.1 Å². The second-order valence-corrected chi connectivity index (χ2v) is 5.81. The van der Waals surface area contributed by atoms with Crippen molar-refractivity contribution in [3.8, 4) is 5.75 Å². The lowest BCUT2D eigenvalue weighted by molar-refractivity contribution is -0.275. The van der Waals surface area contributed by atoms with Gasteiger partial charge in [-0.1, -0.05) is 6.07 Å². The van der Waals surface area contributed by atoms with Gasteiger partial charge in [-0.3, -0.25) is 4.79 Å². The highest BCUT2D eigenvalue weighted by Gasteiger charge is 2.32. The van der Waals surface area contributed by atoms with Crippen LogP contribution in [-0.4, -0.2) is 31.2 Å². The predicted molar refractivity (Wildman–Crippen MR) is 85.7 cm³/mol. The number of fused-ring (bicyclic) bond motifs is 1. The second-order valence-electron chi connectivity index (χ2n) is 5.81. The van der Waals surface area contributed by atoms with Gasteiger partial charge in [0.05, 0.1) is 12.6 Å². The fourth-order valence-corrected chi connectivity index (χ4v) is 2.73. The van der Waals surface area contributed by atoms with Crippen molar-refractivity contribution in [3.05, 3.63) is 51.5 Å². The molecule has 0 saturated heterocycles. The number of rotatable bonds is 4. The molecule has 2 N–H and O–H groups in total. The van der Waals surface area contributed by atoms with Crippen LogP contribution in [0.3, 0.4) is 0 Å². The Kier molecular flexibility index (Phi) is 4.64. The van der Waals surface area contributed by atoms with Gasteiger partial charge >= 0.3 is 6.36 Å². The van der Waals surface area contributed by atoms with E-state index in [9.17, 15) is 27.5 Å². The van der Waals surface area contributed by atoms with Crippen LogP contribution in [0, 0.1) is 12.7 Å². The van der Waals surface area contributed by atoms with Gasteiger partial charge in [-0.25, -0.2) is 14.1 Å². The molecule has 0 unspecified atom stereocenters. The molecule has 0 bridgehead atoms. The maximum absolute atomic E-state index is 14.0. The number of aryl methyl sites for hydroxylation is 1. The van der Waals surface area contributed by atoms with Crippen molar-refractivity contribution in [2.24, 2.45) is 0 Å². The average Bonchev–Trinajstić information content (AvgIpc) is 2.93. The molecule has 1 aromatic carbocycles. The van der Waals surface area contributed by atoms with Gasteiger partial charge in [0.15, 0.2) is 17.2 Å². The number of benzene rings is 1. The molecular weight excluding hydrogens is 372 g/mol. The van der Waals surface area contributed by atoms with Crippen LogP contribution in [-0.2, 0) is 6.61 Å². The first-order valence-corrected chi connectivity index (χ1v) is 7.74. The first-order chi connectivity index (χ1) is 12.6. The van der Waals surface area contributed by atoms with Crippen LogP contribution >= 0.6 is 0 Å². The highest BCUT2D eigenvalue weighted by atomic mass is 19.4. The summed E-state index contributed by atoms with van der Waals surface area (Å²) in [6, 6.07) is 2.31. The van der Waals surface area contributed by atoms with Crippen LogP contribution in [0.15, 0.2) is 23.0 Å². The Balaban J connectivity index is 2.07. The molecule has 2 heterocycles. The molecule has 0 aliphatic carbocycles. The molecule has 7 nitrogen and oxygen atoms in total. The molecule has 0 radical (unpaired) electrons. The quantitative estimate of drug-likeness (QED) is 0.673. The Morgan fingerprint density at radius 2 is 2.07 bits per heavy atom. The van der Waals surface area contributed by atoms with E-state index in [1.807, 2.05) is 0 Å². The van der Waals surface area contributed by atoms with Crippen molar-refractivity contribution in [3.63, 3.8) is 0 Å². The van der Waals surface area contributed by atoms with E-state index >= 15 is 0 Å². The van der Waals surface area contributed by atoms with E-state index in [0.717, 1.165) is 12.1 Å². The number of aliphatic hydroxyl groups is 1. The molecule has 3 aromatic rings. The van der Waals surface area contributed by atoms with Crippen LogP contribution in [0.1, 0.15) is 30.0 Å². The van der Waals surface area contributed by atoms with Crippen molar-refractivity contribution in [2.45, 2.75) is 32.9 Å². The Morgan fingerprint density at radius 3 is 2.67 bits per heavy atom. The van der Waals surface area contributed by atoms with Crippen LogP contribution in [0.25, 0.3) is 11.0 Å². The van der Waals surface area contributed by atoms with Crippen molar-refractivity contribution in [1.29, 1.82) is 0 Å². The molecular formula is C16H14F4N4O3. The van der Waals surface area contributed by atoms with Crippen molar-refractivity contribution < 1.29 is 27.4 Å². The number of aromatic nitrogens is 4. The number of hydrogen-bond donors (Lipinski definition) is 2. The Bertz CT molecular complexity index is 1060. The van der Waals surface area contributed by atoms with Gasteiger partial charge in [-0.05, 0) is 31.5 Å². The zero-order valence-electron chi connectivity index (χ0n) is 14.1. The molecule has 144 valence electrons. The van der Waals surface area contributed by atoms with E-state index in [4.69, 9.17) is 0 Å². The maximum Gasteiger partial charge on any atom is 0.573 e. The summed E-state index contributed by atoms with van der Waals surface area (Å²) in [7, 11) is 0. The number of aliphatic hydroxyl groups excluding tert-OH is 1. The number of nitrogens with zero attached hydrogens (tertiary/aromatic N) is 3. The lowest BCUT2D eigenvalue weighted by Crippen LogP contribution is -2.18. The summed E-state index contributed by atoms with van der Waals surface area (Å²) >= 11 is 0. The molecule has 11 heteroatoms. The summed E-state index contributed by atoms with van der Waals surface area (Å²) in [6.45, 7) is 2.64. The smallest absolute Gasteiger partial charge is 0.403 e. The van der Waals surface area contributed by atoms with Gasteiger partial charge in [-0.2, -0.15) is 5.10 Å². The third kappa shape index (κ3) is 3.63. The lowest BCUT2D eigenvalue weighted by atomic mass is 10.1. The number of aromatic amines is 1. The van der Waals surface area contributed by atoms with Gasteiger partial charge in [-0.15, -0.1) is 13.2 Å². The van der Waals surface area contributed by atoms with Crippen LogP contribution in [0.4, 0.5) is 17.6 Å². The topological polar surface area (TPSA) is 93.0 Å². The monoisotopic (exact) mass is 386 g/mol. The van der Waals surface area contributed by atoms with Crippen LogP contribution in [0.2, 0.25) is 0 Å². The highest BCUT2D eigenvalue weighted by molar-refractivity contribution is 5.77. The van der Waals surface area contributed by atoms with Gasteiger partial charge in [0, 0.05) is 0 Å². The third-order valence-electron chi connectivity index (χ3n) is 3.93. The van der Waals surface area contributed by atoms with E-state index in [1.54, 1.807) is 13.8 Å². The molecule has 1 atom stereocenters.